The first-order chi connectivity index (χ1) is 9.27. The molecule has 1 fully saturated rings. The van der Waals surface area contributed by atoms with Crippen molar-refractivity contribution in [3.8, 4) is 0 Å². The number of rotatable bonds is 4. The van der Waals surface area contributed by atoms with Crippen LogP contribution in [0.15, 0.2) is 23.1 Å². The molecule has 6 heteroatoms. The Kier molecular flexibility index (Phi) is 3.88. The van der Waals surface area contributed by atoms with Crippen molar-refractivity contribution in [3.63, 3.8) is 0 Å². The van der Waals surface area contributed by atoms with Crippen molar-refractivity contribution in [1.82, 2.24) is 10.0 Å². The average molecular weight is 296 g/mol. The van der Waals surface area contributed by atoms with Gasteiger partial charge in [0.25, 0.3) is 5.91 Å². The normalized spacial score (nSPS) is 25.3. The van der Waals surface area contributed by atoms with E-state index in [1.165, 1.54) is 19.2 Å². The van der Waals surface area contributed by atoms with Gasteiger partial charge in [-0.1, -0.05) is 19.9 Å². The molecule has 0 saturated heterocycles. The minimum atomic E-state index is -3.54. The van der Waals surface area contributed by atoms with Crippen LogP contribution in [0.4, 0.5) is 0 Å². The molecular formula is C14H20N2O3S. The summed E-state index contributed by atoms with van der Waals surface area (Å²) < 4.78 is 25.8. The molecule has 1 aliphatic rings. The van der Waals surface area contributed by atoms with Crippen molar-refractivity contribution >= 4 is 15.9 Å². The Bertz CT molecular complexity index is 632. The number of amides is 1. The van der Waals surface area contributed by atoms with E-state index >= 15 is 0 Å². The minimum absolute atomic E-state index is 0.104. The lowest BCUT2D eigenvalue weighted by molar-refractivity contribution is 0.0947. The summed E-state index contributed by atoms with van der Waals surface area (Å²) in [5.41, 5.74) is 1.17. The lowest BCUT2D eigenvalue weighted by atomic mass is 10.1. The summed E-state index contributed by atoms with van der Waals surface area (Å²) in [5, 5.41) is 2.95. The summed E-state index contributed by atoms with van der Waals surface area (Å²) in [6.45, 7) is 5.97. The third-order valence-electron chi connectivity index (χ3n) is 4.15. The molecule has 0 aromatic heterocycles. The summed E-state index contributed by atoms with van der Waals surface area (Å²) in [6.07, 6.45) is 0. The van der Waals surface area contributed by atoms with Crippen LogP contribution in [-0.4, -0.2) is 27.4 Å². The van der Waals surface area contributed by atoms with E-state index in [4.69, 9.17) is 0 Å². The van der Waals surface area contributed by atoms with Crippen LogP contribution in [0.3, 0.4) is 0 Å². The molecule has 1 aromatic rings. The third-order valence-corrected chi connectivity index (χ3v) is 5.56. The molecule has 1 aromatic carbocycles. The lowest BCUT2D eigenvalue weighted by Crippen LogP contribution is -2.28. The molecule has 2 N–H and O–H groups in total. The van der Waals surface area contributed by atoms with Gasteiger partial charge in [-0.25, -0.2) is 13.1 Å². The number of benzene rings is 1. The molecule has 5 nitrogen and oxygen atoms in total. The topological polar surface area (TPSA) is 75.3 Å². The maximum atomic E-state index is 12.2. The van der Waals surface area contributed by atoms with Gasteiger partial charge in [0.05, 0.1) is 4.90 Å². The maximum absolute atomic E-state index is 12.2. The number of hydrogen-bond donors (Lipinski definition) is 2. The van der Waals surface area contributed by atoms with Crippen molar-refractivity contribution in [1.29, 1.82) is 0 Å². The van der Waals surface area contributed by atoms with Crippen LogP contribution < -0.4 is 10.0 Å². The first-order valence-corrected chi connectivity index (χ1v) is 8.11. The minimum Gasteiger partial charge on any atom is -0.349 e. The Hall–Kier alpha value is -1.40. The molecule has 0 unspecified atom stereocenters. The standard InChI is InChI=1S/C14H20N2O3S/c1-8-5-6-11(20(18,19)15-4)7-12(8)14(17)16-13-9(2)10(13)3/h5-7,9-10,13,15H,1-4H3,(H,16,17)/t9-,10-/m0/s1. The Labute approximate surface area is 119 Å². The van der Waals surface area contributed by atoms with Gasteiger partial charge < -0.3 is 5.32 Å². The fourth-order valence-corrected chi connectivity index (χ4v) is 3.04. The fourth-order valence-electron chi connectivity index (χ4n) is 2.29. The van der Waals surface area contributed by atoms with E-state index in [0.717, 1.165) is 5.56 Å². The number of carbonyl (C=O) groups excluding carboxylic acids is 1. The summed E-state index contributed by atoms with van der Waals surface area (Å²) in [5.74, 6) is 0.740. The Morgan fingerprint density at radius 1 is 1.20 bits per heavy atom. The number of aryl methyl sites for hydroxylation is 1. The molecule has 2 atom stereocenters. The van der Waals surface area contributed by atoms with Crippen LogP contribution in [0, 0.1) is 18.8 Å². The highest BCUT2D eigenvalue weighted by Crippen LogP contribution is 2.37. The molecule has 0 spiro atoms. The van der Waals surface area contributed by atoms with Crippen LogP contribution in [0.2, 0.25) is 0 Å². The number of nitrogens with one attached hydrogen (secondary N) is 2. The zero-order valence-electron chi connectivity index (χ0n) is 12.1. The smallest absolute Gasteiger partial charge is 0.251 e. The van der Waals surface area contributed by atoms with Gasteiger partial charge in [-0.15, -0.1) is 0 Å². The van der Waals surface area contributed by atoms with Gasteiger partial charge in [-0.05, 0) is 43.5 Å². The molecule has 0 radical (unpaired) electrons. The highest BCUT2D eigenvalue weighted by Gasteiger charge is 2.43. The van der Waals surface area contributed by atoms with E-state index in [-0.39, 0.29) is 16.8 Å². The largest absolute Gasteiger partial charge is 0.349 e. The first-order valence-electron chi connectivity index (χ1n) is 6.63. The van der Waals surface area contributed by atoms with E-state index in [2.05, 4.69) is 23.9 Å². The molecule has 0 aliphatic heterocycles. The van der Waals surface area contributed by atoms with Crippen molar-refractivity contribution in [2.45, 2.75) is 31.7 Å². The number of sulfonamides is 1. The zero-order chi connectivity index (χ0) is 15.1. The average Bonchev–Trinajstić information content (AvgIpc) is 2.97. The van der Waals surface area contributed by atoms with E-state index in [0.29, 0.717) is 17.4 Å². The van der Waals surface area contributed by atoms with Gasteiger partial charge in [-0.2, -0.15) is 0 Å². The van der Waals surface area contributed by atoms with Crippen molar-refractivity contribution in [2.24, 2.45) is 11.8 Å². The van der Waals surface area contributed by atoms with Gasteiger partial charge in [0.15, 0.2) is 0 Å². The molecule has 20 heavy (non-hydrogen) atoms. The molecule has 1 aliphatic carbocycles. The van der Waals surface area contributed by atoms with Crippen LogP contribution >= 0.6 is 0 Å². The molecule has 110 valence electrons. The van der Waals surface area contributed by atoms with E-state index in [9.17, 15) is 13.2 Å². The van der Waals surface area contributed by atoms with Gasteiger partial charge in [-0.3, -0.25) is 4.79 Å². The van der Waals surface area contributed by atoms with Crippen molar-refractivity contribution < 1.29 is 13.2 Å². The van der Waals surface area contributed by atoms with Crippen LogP contribution in [0.5, 0.6) is 0 Å². The fraction of sp³-hybridized carbons (Fsp3) is 0.500. The molecule has 0 heterocycles. The Balaban J connectivity index is 2.27. The zero-order valence-corrected chi connectivity index (χ0v) is 12.9. The van der Waals surface area contributed by atoms with Gasteiger partial charge in [0.1, 0.15) is 0 Å². The monoisotopic (exact) mass is 296 g/mol. The van der Waals surface area contributed by atoms with E-state index in [1.54, 1.807) is 13.0 Å². The quantitative estimate of drug-likeness (QED) is 0.879. The van der Waals surface area contributed by atoms with E-state index in [1.807, 2.05) is 0 Å². The van der Waals surface area contributed by atoms with Gasteiger partial charge in [0.2, 0.25) is 10.0 Å². The third kappa shape index (κ3) is 2.71. The summed E-state index contributed by atoms with van der Waals surface area (Å²) in [6, 6.07) is 4.76. The van der Waals surface area contributed by atoms with Crippen molar-refractivity contribution in [3.05, 3.63) is 29.3 Å². The second-order valence-corrected chi connectivity index (χ2v) is 7.29. The predicted octanol–water partition coefficient (Wildman–Crippen LogP) is 1.29. The van der Waals surface area contributed by atoms with Crippen LogP contribution in [0.25, 0.3) is 0 Å². The van der Waals surface area contributed by atoms with Gasteiger partial charge >= 0.3 is 0 Å². The summed E-state index contributed by atoms with van der Waals surface area (Å²) >= 11 is 0. The maximum Gasteiger partial charge on any atom is 0.251 e. The highest BCUT2D eigenvalue weighted by molar-refractivity contribution is 7.89. The van der Waals surface area contributed by atoms with Crippen molar-refractivity contribution in [2.75, 3.05) is 7.05 Å². The first kappa shape index (κ1) is 15.0. The summed E-state index contributed by atoms with van der Waals surface area (Å²) in [7, 11) is -2.19. The lowest BCUT2D eigenvalue weighted by Gasteiger charge is -2.10. The Morgan fingerprint density at radius 3 is 2.30 bits per heavy atom. The predicted molar refractivity (Wildman–Crippen MR) is 77.0 cm³/mol. The van der Waals surface area contributed by atoms with Crippen LogP contribution in [0.1, 0.15) is 29.8 Å². The molecule has 1 saturated carbocycles. The molecule has 2 rings (SSSR count). The van der Waals surface area contributed by atoms with Crippen LogP contribution in [-0.2, 0) is 10.0 Å². The molecular weight excluding hydrogens is 276 g/mol. The molecule has 1 amide bonds. The summed E-state index contributed by atoms with van der Waals surface area (Å²) in [4.78, 5) is 12.4. The SMILES string of the molecule is CNS(=O)(=O)c1ccc(C)c(C(=O)NC2[C@@H](C)[C@@H]2C)c1. The number of hydrogen-bond acceptors (Lipinski definition) is 3. The van der Waals surface area contributed by atoms with Gasteiger partial charge in [0, 0.05) is 11.6 Å². The number of carbonyl (C=O) groups is 1. The second-order valence-electron chi connectivity index (χ2n) is 5.40. The highest BCUT2D eigenvalue weighted by atomic mass is 32.2. The molecule has 0 bridgehead atoms. The Morgan fingerprint density at radius 2 is 1.80 bits per heavy atom. The van der Waals surface area contributed by atoms with E-state index < -0.39 is 10.0 Å². The second kappa shape index (κ2) is 5.18.